The van der Waals surface area contributed by atoms with Gasteiger partial charge in [0.2, 0.25) is 5.91 Å². The standard InChI is InChI=1S/C14H27NO5S/c1-10(2)7-12(14(17)18)8-15-13(16)5-6-21(19,20)9-11(3)4/h10-12H,5-9H2,1-4H3,(H,15,16)(H,17,18). The molecule has 0 aliphatic carbocycles. The molecule has 124 valence electrons. The van der Waals surface area contributed by atoms with Crippen molar-refractivity contribution in [3.8, 4) is 0 Å². The number of hydrogen-bond donors (Lipinski definition) is 2. The van der Waals surface area contributed by atoms with Crippen molar-refractivity contribution in [1.82, 2.24) is 5.32 Å². The summed E-state index contributed by atoms with van der Waals surface area (Å²) in [7, 11) is -3.23. The van der Waals surface area contributed by atoms with Gasteiger partial charge in [0.15, 0.2) is 9.84 Å². The maximum absolute atomic E-state index is 11.7. The number of rotatable bonds is 10. The van der Waals surface area contributed by atoms with Gasteiger partial charge >= 0.3 is 5.97 Å². The van der Waals surface area contributed by atoms with Gasteiger partial charge in [-0.05, 0) is 18.3 Å². The number of carboxylic acids is 1. The van der Waals surface area contributed by atoms with Crippen molar-refractivity contribution in [3.63, 3.8) is 0 Å². The molecule has 0 saturated heterocycles. The van der Waals surface area contributed by atoms with Gasteiger partial charge in [0.25, 0.3) is 0 Å². The van der Waals surface area contributed by atoms with Crippen molar-refractivity contribution >= 4 is 21.7 Å². The minimum absolute atomic E-state index is 0.0282. The van der Waals surface area contributed by atoms with E-state index in [4.69, 9.17) is 5.11 Å². The lowest BCUT2D eigenvalue weighted by Gasteiger charge is -2.15. The molecule has 21 heavy (non-hydrogen) atoms. The Morgan fingerprint density at radius 3 is 2.10 bits per heavy atom. The van der Waals surface area contributed by atoms with Crippen LogP contribution in [0.15, 0.2) is 0 Å². The fourth-order valence-electron chi connectivity index (χ4n) is 2.01. The van der Waals surface area contributed by atoms with E-state index in [1.165, 1.54) is 0 Å². The smallest absolute Gasteiger partial charge is 0.308 e. The molecule has 0 aromatic carbocycles. The molecule has 0 saturated carbocycles. The highest BCUT2D eigenvalue weighted by Gasteiger charge is 2.20. The van der Waals surface area contributed by atoms with E-state index >= 15 is 0 Å². The molecule has 1 atom stereocenters. The van der Waals surface area contributed by atoms with Gasteiger partial charge in [-0.15, -0.1) is 0 Å². The van der Waals surface area contributed by atoms with Crippen molar-refractivity contribution in [3.05, 3.63) is 0 Å². The summed E-state index contributed by atoms with van der Waals surface area (Å²) in [4.78, 5) is 22.7. The van der Waals surface area contributed by atoms with Crippen LogP contribution in [0.1, 0.15) is 40.5 Å². The van der Waals surface area contributed by atoms with E-state index in [0.29, 0.717) is 6.42 Å². The molecule has 0 aromatic heterocycles. The van der Waals surface area contributed by atoms with E-state index in [9.17, 15) is 18.0 Å². The Morgan fingerprint density at radius 1 is 1.10 bits per heavy atom. The molecule has 2 N–H and O–H groups in total. The summed E-state index contributed by atoms with van der Waals surface area (Å²) in [5.41, 5.74) is 0. The van der Waals surface area contributed by atoms with Gasteiger partial charge in [0, 0.05) is 13.0 Å². The Hall–Kier alpha value is -1.11. The van der Waals surface area contributed by atoms with Crippen molar-refractivity contribution in [2.24, 2.45) is 17.8 Å². The van der Waals surface area contributed by atoms with Crippen molar-refractivity contribution in [2.45, 2.75) is 40.5 Å². The molecular weight excluding hydrogens is 294 g/mol. The first-order valence-electron chi connectivity index (χ1n) is 7.23. The predicted molar refractivity (Wildman–Crippen MR) is 81.7 cm³/mol. The average Bonchev–Trinajstić information content (AvgIpc) is 2.29. The van der Waals surface area contributed by atoms with Gasteiger partial charge in [0.1, 0.15) is 0 Å². The van der Waals surface area contributed by atoms with Crippen LogP contribution in [-0.4, -0.2) is 43.5 Å². The second-order valence-corrected chi connectivity index (χ2v) is 8.46. The summed E-state index contributed by atoms with van der Waals surface area (Å²) in [6.45, 7) is 7.48. The monoisotopic (exact) mass is 321 g/mol. The molecule has 0 heterocycles. The van der Waals surface area contributed by atoms with Gasteiger partial charge in [0.05, 0.1) is 17.4 Å². The minimum Gasteiger partial charge on any atom is -0.481 e. The largest absolute Gasteiger partial charge is 0.481 e. The maximum Gasteiger partial charge on any atom is 0.308 e. The molecule has 0 fully saturated rings. The zero-order valence-electron chi connectivity index (χ0n) is 13.3. The van der Waals surface area contributed by atoms with Crippen LogP contribution >= 0.6 is 0 Å². The molecule has 7 heteroatoms. The highest BCUT2D eigenvalue weighted by Crippen LogP contribution is 2.11. The summed E-state index contributed by atoms with van der Waals surface area (Å²) in [5.74, 6) is -1.89. The van der Waals surface area contributed by atoms with Crippen molar-refractivity contribution in [2.75, 3.05) is 18.1 Å². The summed E-state index contributed by atoms with van der Waals surface area (Å²) < 4.78 is 23.3. The van der Waals surface area contributed by atoms with Crippen LogP contribution in [0.3, 0.4) is 0 Å². The Labute approximate surface area is 127 Å². The number of aliphatic carboxylic acids is 1. The molecule has 6 nitrogen and oxygen atoms in total. The average molecular weight is 321 g/mol. The Balaban J connectivity index is 4.23. The van der Waals surface area contributed by atoms with Crippen molar-refractivity contribution in [1.29, 1.82) is 0 Å². The lowest BCUT2D eigenvalue weighted by molar-refractivity contribution is -0.142. The number of amides is 1. The molecule has 1 amide bonds. The van der Waals surface area contributed by atoms with Crippen LogP contribution in [-0.2, 0) is 19.4 Å². The second kappa shape index (κ2) is 9.02. The van der Waals surface area contributed by atoms with Gasteiger partial charge in [-0.25, -0.2) is 8.42 Å². The zero-order valence-corrected chi connectivity index (χ0v) is 14.1. The molecule has 0 bridgehead atoms. The van der Waals surface area contributed by atoms with Crippen LogP contribution in [0, 0.1) is 17.8 Å². The molecule has 0 radical (unpaired) electrons. The lowest BCUT2D eigenvalue weighted by Crippen LogP contribution is -2.34. The fourth-order valence-corrected chi connectivity index (χ4v) is 3.68. The van der Waals surface area contributed by atoms with E-state index in [-0.39, 0.29) is 36.3 Å². The molecule has 1 unspecified atom stereocenters. The van der Waals surface area contributed by atoms with Crippen LogP contribution < -0.4 is 5.32 Å². The third kappa shape index (κ3) is 10.3. The van der Waals surface area contributed by atoms with Gasteiger partial charge in [-0.1, -0.05) is 27.7 Å². The van der Waals surface area contributed by atoms with Gasteiger partial charge in [-0.3, -0.25) is 9.59 Å². The zero-order chi connectivity index (χ0) is 16.6. The minimum atomic E-state index is -3.23. The van der Waals surface area contributed by atoms with Gasteiger partial charge in [-0.2, -0.15) is 0 Å². The quantitative estimate of drug-likeness (QED) is 0.632. The van der Waals surface area contributed by atoms with E-state index in [2.05, 4.69) is 5.32 Å². The fraction of sp³-hybridized carbons (Fsp3) is 0.857. The van der Waals surface area contributed by atoms with Crippen LogP contribution in [0.25, 0.3) is 0 Å². The maximum atomic E-state index is 11.7. The molecule has 0 aromatic rings. The number of nitrogens with one attached hydrogen (secondary N) is 1. The highest BCUT2D eigenvalue weighted by molar-refractivity contribution is 7.91. The third-order valence-corrected chi connectivity index (χ3v) is 4.88. The van der Waals surface area contributed by atoms with E-state index < -0.39 is 27.6 Å². The topological polar surface area (TPSA) is 101 Å². The lowest BCUT2D eigenvalue weighted by atomic mass is 9.97. The molecule has 0 spiro atoms. The first-order valence-corrected chi connectivity index (χ1v) is 9.05. The summed E-state index contributed by atoms with van der Waals surface area (Å²) in [5, 5.41) is 11.6. The number of carbonyl (C=O) groups excluding carboxylic acids is 1. The van der Waals surface area contributed by atoms with Crippen LogP contribution in [0.5, 0.6) is 0 Å². The molecule has 0 aliphatic heterocycles. The first kappa shape index (κ1) is 19.9. The summed E-state index contributed by atoms with van der Waals surface area (Å²) >= 11 is 0. The third-order valence-electron chi connectivity index (χ3n) is 2.88. The highest BCUT2D eigenvalue weighted by atomic mass is 32.2. The van der Waals surface area contributed by atoms with Crippen LogP contribution in [0.4, 0.5) is 0 Å². The number of sulfone groups is 1. The SMILES string of the molecule is CC(C)CC(CNC(=O)CCS(=O)(=O)CC(C)C)C(=O)O. The Kier molecular flexibility index (Phi) is 8.54. The first-order chi connectivity index (χ1) is 9.53. The van der Waals surface area contributed by atoms with E-state index in [0.717, 1.165) is 0 Å². The predicted octanol–water partition coefficient (Wildman–Crippen LogP) is 1.31. The van der Waals surface area contributed by atoms with Crippen LogP contribution in [0.2, 0.25) is 0 Å². The van der Waals surface area contributed by atoms with E-state index in [1.807, 2.05) is 13.8 Å². The molecule has 0 aliphatic rings. The summed E-state index contributed by atoms with van der Waals surface area (Å²) in [6, 6.07) is 0. The molecular formula is C14H27NO5S. The second-order valence-electron chi connectivity index (χ2n) is 6.23. The van der Waals surface area contributed by atoms with Crippen molar-refractivity contribution < 1.29 is 23.1 Å². The normalized spacial score (nSPS) is 13.4. The Bertz CT molecular complexity index is 442. The number of carbonyl (C=O) groups is 2. The van der Waals surface area contributed by atoms with Gasteiger partial charge < -0.3 is 10.4 Å². The molecule has 0 rings (SSSR count). The van der Waals surface area contributed by atoms with E-state index in [1.54, 1.807) is 13.8 Å². The Morgan fingerprint density at radius 2 is 1.67 bits per heavy atom. The summed E-state index contributed by atoms with van der Waals surface area (Å²) in [6.07, 6.45) is 0.352. The number of hydrogen-bond acceptors (Lipinski definition) is 4. The number of carboxylic acid groups (broad SMARTS) is 1.